The third kappa shape index (κ3) is 3.45. The first-order valence-electron chi connectivity index (χ1n) is 5.05. The summed E-state index contributed by atoms with van der Waals surface area (Å²) in [4.78, 5) is 10.6. The van der Waals surface area contributed by atoms with Crippen molar-refractivity contribution in [2.45, 2.75) is 19.4 Å². The van der Waals surface area contributed by atoms with E-state index in [-0.39, 0.29) is 5.56 Å². The van der Waals surface area contributed by atoms with Crippen LogP contribution in [0.2, 0.25) is 0 Å². The van der Waals surface area contributed by atoms with E-state index < -0.39 is 35.9 Å². The Morgan fingerprint density at radius 1 is 1.29 bits per heavy atom. The smallest absolute Gasteiger partial charge is 0.305 e. The molecular formula is C11H12F3NO2. The summed E-state index contributed by atoms with van der Waals surface area (Å²) in [6.45, 7) is 2.09. The SMILES string of the molecule is CCNC(CC(=O)O)c1cc(F)c(F)cc1F. The first-order valence-corrected chi connectivity index (χ1v) is 5.05. The first kappa shape index (κ1) is 13.5. The molecule has 3 nitrogen and oxygen atoms in total. The highest BCUT2D eigenvalue weighted by Gasteiger charge is 2.20. The molecule has 0 radical (unpaired) electrons. The van der Waals surface area contributed by atoms with Crippen molar-refractivity contribution in [1.29, 1.82) is 0 Å². The fourth-order valence-corrected chi connectivity index (χ4v) is 1.52. The van der Waals surface area contributed by atoms with E-state index in [2.05, 4.69) is 5.32 Å². The topological polar surface area (TPSA) is 49.3 Å². The number of aliphatic carboxylic acids is 1. The number of nitrogens with one attached hydrogen (secondary N) is 1. The van der Waals surface area contributed by atoms with Crippen molar-refractivity contribution in [3.63, 3.8) is 0 Å². The maximum absolute atomic E-state index is 13.4. The fraction of sp³-hybridized carbons (Fsp3) is 0.364. The van der Waals surface area contributed by atoms with Crippen molar-refractivity contribution in [3.05, 3.63) is 35.1 Å². The molecule has 0 bridgehead atoms. The van der Waals surface area contributed by atoms with Crippen LogP contribution in [0.25, 0.3) is 0 Å². The lowest BCUT2D eigenvalue weighted by molar-refractivity contribution is -0.137. The van der Waals surface area contributed by atoms with Crippen molar-refractivity contribution >= 4 is 5.97 Å². The van der Waals surface area contributed by atoms with E-state index in [4.69, 9.17) is 5.11 Å². The molecule has 2 N–H and O–H groups in total. The minimum absolute atomic E-state index is 0.187. The molecule has 0 aliphatic carbocycles. The Morgan fingerprint density at radius 3 is 2.41 bits per heavy atom. The highest BCUT2D eigenvalue weighted by atomic mass is 19.2. The summed E-state index contributed by atoms with van der Waals surface area (Å²) in [7, 11) is 0. The molecule has 1 atom stereocenters. The lowest BCUT2D eigenvalue weighted by atomic mass is 10.0. The zero-order chi connectivity index (χ0) is 13.0. The summed E-state index contributed by atoms with van der Waals surface area (Å²) in [5.74, 6) is -4.61. The van der Waals surface area contributed by atoms with Crippen LogP contribution < -0.4 is 5.32 Å². The van der Waals surface area contributed by atoms with Crippen molar-refractivity contribution in [2.75, 3.05) is 6.54 Å². The van der Waals surface area contributed by atoms with E-state index in [0.717, 1.165) is 0 Å². The molecule has 0 amide bonds. The Kier molecular flexibility index (Phi) is 4.51. The number of carboxylic acids is 1. The Hall–Kier alpha value is -1.56. The Labute approximate surface area is 96.3 Å². The van der Waals surface area contributed by atoms with Crippen LogP contribution in [0.1, 0.15) is 24.9 Å². The van der Waals surface area contributed by atoms with Crippen LogP contribution >= 0.6 is 0 Å². The maximum atomic E-state index is 13.4. The van der Waals surface area contributed by atoms with Crippen LogP contribution in [-0.2, 0) is 4.79 Å². The van der Waals surface area contributed by atoms with Gasteiger partial charge in [0.15, 0.2) is 11.6 Å². The largest absolute Gasteiger partial charge is 0.481 e. The average molecular weight is 247 g/mol. The summed E-state index contributed by atoms with van der Waals surface area (Å²) in [5.41, 5.74) is -0.187. The second-order valence-corrected chi connectivity index (χ2v) is 3.50. The summed E-state index contributed by atoms with van der Waals surface area (Å²) in [6, 6.07) is 0.213. The molecule has 1 aromatic carbocycles. The molecule has 6 heteroatoms. The van der Waals surface area contributed by atoms with Crippen LogP contribution in [-0.4, -0.2) is 17.6 Å². The van der Waals surface area contributed by atoms with Gasteiger partial charge in [0.2, 0.25) is 0 Å². The van der Waals surface area contributed by atoms with Gasteiger partial charge in [0, 0.05) is 17.7 Å². The average Bonchev–Trinajstić information content (AvgIpc) is 2.22. The highest BCUT2D eigenvalue weighted by molar-refractivity contribution is 5.68. The third-order valence-electron chi connectivity index (χ3n) is 2.24. The van der Waals surface area contributed by atoms with Gasteiger partial charge >= 0.3 is 5.97 Å². The normalized spacial score (nSPS) is 12.5. The molecule has 17 heavy (non-hydrogen) atoms. The van der Waals surface area contributed by atoms with Gasteiger partial charge in [0.1, 0.15) is 5.82 Å². The second-order valence-electron chi connectivity index (χ2n) is 3.50. The van der Waals surface area contributed by atoms with Gasteiger partial charge in [-0.15, -0.1) is 0 Å². The molecule has 1 aromatic rings. The third-order valence-corrected chi connectivity index (χ3v) is 2.24. The highest BCUT2D eigenvalue weighted by Crippen LogP contribution is 2.22. The van der Waals surface area contributed by atoms with E-state index in [0.29, 0.717) is 18.7 Å². The number of hydrogen-bond acceptors (Lipinski definition) is 2. The minimum atomic E-state index is -1.29. The number of halogens is 3. The predicted octanol–water partition coefficient (Wildman–Crippen LogP) is 2.23. The van der Waals surface area contributed by atoms with E-state index in [9.17, 15) is 18.0 Å². The molecule has 1 unspecified atom stereocenters. The van der Waals surface area contributed by atoms with Crippen LogP contribution in [0.5, 0.6) is 0 Å². The molecule has 1 rings (SSSR count). The maximum Gasteiger partial charge on any atom is 0.305 e. The molecule has 0 spiro atoms. The first-order chi connectivity index (χ1) is 7.95. The molecule has 94 valence electrons. The molecule has 0 aliphatic heterocycles. The van der Waals surface area contributed by atoms with Crippen LogP contribution in [0.3, 0.4) is 0 Å². The molecule has 0 aromatic heterocycles. The molecule has 0 aliphatic rings. The van der Waals surface area contributed by atoms with Gasteiger partial charge in [-0.1, -0.05) is 6.92 Å². The van der Waals surface area contributed by atoms with Gasteiger partial charge in [0.05, 0.1) is 6.42 Å². The van der Waals surface area contributed by atoms with Crippen LogP contribution in [0, 0.1) is 17.5 Å². The van der Waals surface area contributed by atoms with Crippen molar-refractivity contribution in [3.8, 4) is 0 Å². The Bertz CT molecular complexity index is 423. The van der Waals surface area contributed by atoms with Gasteiger partial charge in [-0.05, 0) is 12.6 Å². The monoisotopic (exact) mass is 247 g/mol. The lowest BCUT2D eigenvalue weighted by Crippen LogP contribution is -2.24. The number of carbonyl (C=O) groups is 1. The van der Waals surface area contributed by atoms with Crippen LogP contribution in [0.4, 0.5) is 13.2 Å². The predicted molar refractivity (Wildman–Crippen MR) is 55.0 cm³/mol. The van der Waals surface area contributed by atoms with Gasteiger partial charge in [-0.3, -0.25) is 4.79 Å². The zero-order valence-electron chi connectivity index (χ0n) is 9.14. The summed E-state index contributed by atoms with van der Waals surface area (Å²) in [6.07, 6.45) is -0.407. The van der Waals surface area contributed by atoms with E-state index in [1.165, 1.54) is 0 Å². The Morgan fingerprint density at radius 2 is 1.88 bits per heavy atom. The van der Waals surface area contributed by atoms with Crippen molar-refractivity contribution in [2.24, 2.45) is 0 Å². The van der Waals surface area contributed by atoms with Gasteiger partial charge in [0.25, 0.3) is 0 Å². The fourth-order valence-electron chi connectivity index (χ4n) is 1.52. The molecule has 0 fully saturated rings. The summed E-state index contributed by atoms with van der Waals surface area (Å²) in [5, 5.41) is 11.4. The molecule has 0 saturated carbocycles. The van der Waals surface area contributed by atoms with E-state index in [1.54, 1.807) is 6.92 Å². The molecule has 0 saturated heterocycles. The van der Waals surface area contributed by atoms with E-state index >= 15 is 0 Å². The lowest BCUT2D eigenvalue weighted by Gasteiger charge is -2.17. The molecule has 0 heterocycles. The van der Waals surface area contributed by atoms with Crippen molar-refractivity contribution in [1.82, 2.24) is 5.32 Å². The quantitative estimate of drug-likeness (QED) is 0.784. The van der Waals surface area contributed by atoms with Gasteiger partial charge < -0.3 is 10.4 Å². The standard InChI is InChI=1S/C11H12F3NO2/c1-2-15-10(5-11(16)17)6-3-8(13)9(14)4-7(6)12/h3-4,10,15H,2,5H2,1H3,(H,16,17). The van der Waals surface area contributed by atoms with Crippen molar-refractivity contribution < 1.29 is 23.1 Å². The summed E-state index contributed by atoms with van der Waals surface area (Å²) < 4.78 is 39.1. The van der Waals surface area contributed by atoms with Gasteiger partial charge in [-0.25, -0.2) is 13.2 Å². The minimum Gasteiger partial charge on any atom is -0.481 e. The van der Waals surface area contributed by atoms with Gasteiger partial charge in [-0.2, -0.15) is 0 Å². The number of benzene rings is 1. The number of carboxylic acid groups (broad SMARTS) is 1. The number of hydrogen-bond donors (Lipinski definition) is 2. The Balaban J connectivity index is 3.08. The number of rotatable bonds is 5. The van der Waals surface area contributed by atoms with Crippen LogP contribution in [0.15, 0.2) is 12.1 Å². The zero-order valence-corrected chi connectivity index (χ0v) is 9.14. The van der Waals surface area contributed by atoms with E-state index in [1.807, 2.05) is 0 Å². The summed E-state index contributed by atoms with van der Waals surface area (Å²) >= 11 is 0. The molecular weight excluding hydrogens is 235 g/mol. The second kappa shape index (κ2) is 5.67.